The van der Waals surface area contributed by atoms with Crippen molar-refractivity contribution < 1.29 is 4.39 Å². The largest absolute Gasteiger partial charge is 0.316 e. The summed E-state index contributed by atoms with van der Waals surface area (Å²) in [5.41, 5.74) is 1.56. The highest BCUT2D eigenvalue weighted by Gasteiger charge is 2.39. The summed E-state index contributed by atoms with van der Waals surface area (Å²) in [4.78, 5) is 2.45. The first-order valence-corrected chi connectivity index (χ1v) is 7.33. The van der Waals surface area contributed by atoms with Crippen LogP contribution in [-0.4, -0.2) is 31.1 Å². The van der Waals surface area contributed by atoms with Crippen LogP contribution in [0.2, 0.25) is 0 Å². The summed E-state index contributed by atoms with van der Waals surface area (Å²) in [6.07, 6.45) is 2.57. The molecule has 0 aromatic heterocycles. The molecule has 2 aliphatic heterocycles. The number of halogens is 3. The van der Waals surface area contributed by atoms with Gasteiger partial charge < -0.3 is 5.32 Å². The Morgan fingerprint density at radius 3 is 2.89 bits per heavy atom. The van der Waals surface area contributed by atoms with E-state index in [0.29, 0.717) is 9.89 Å². The van der Waals surface area contributed by atoms with Crippen molar-refractivity contribution in [3.8, 4) is 0 Å². The van der Waals surface area contributed by atoms with Gasteiger partial charge in [0.2, 0.25) is 0 Å². The lowest BCUT2D eigenvalue weighted by Crippen LogP contribution is -2.28. The number of likely N-dealkylation sites (tertiary alicyclic amines) is 1. The third-order valence-corrected chi connectivity index (χ3v) is 4.88. The molecule has 0 saturated carbocycles. The van der Waals surface area contributed by atoms with E-state index in [1.54, 1.807) is 12.1 Å². The first-order valence-electron chi connectivity index (χ1n) is 6.54. The molecule has 106 valence electrons. The fourth-order valence-electron chi connectivity index (χ4n) is 3.20. The van der Waals surface area contributed by atoms with Crippen molar-refractivity contribution in [2.45, 2.75) is 19.4 Å². The van der Waals surface area contributed by atoms with E-state index in [1.807, 2.05) is 6.07 Å². The van der Waals surface area contributed by atoms with Crippen LogP contribution in [0.25, 0.3) is 0 Å². The standard InChI is InChI=1S/C14H18BrFN2.ClH/c15-12-2-1-11(7-13(12)16)8-18-6-4-14(10-18)3-5-17-9-14;/h1-2,7,17H,3-6,8-10H2;1H. The minimum absolute atomic E-state index is 0. The zero-order chi connectivity index (χ0) is 12.6. The Balaban J connectivity index is 0.00000133. The van der Waals surface area contributed by atoms with Gasteiger partial charge in [-0.15, -0.1) is 12.4 Å². The number of rotatable bonds is 2. The first-order chi connectivity index (χ1) is 8.67. The van der Waals surface area contributed by atoms with Crippen molar-refractivity contribution in [3.63, 3.8) is 0 Å². The molecule has 5 heteroatoms. The zero-order valence-electron chi connectivity index (χ0n) is 10.8. The quantitative estimate of drug-likeness (QED) is 0.882. The molecule has 0 aliphatic carbocycles. The Morgan fingerprint density at radius 1 is 1.37 bits per heavy atom. The van der Waals surface area contributed by atoms with Crippen molar-refractivity contribution in [2.24, 2.45) is 5.41 Å². The second-order valence-electron chi connectivity index (χ2n) is 5.64. The lowest BCUT2D eigenvalue weighted by atomic mass is 9.86. The Hall–Kier alpha value is -0.160. The molecule has 2 fully saturated rings. The van der Waals surface area contributed by atoms with Crippen molar-refractivity contribution in [1.29, 1.82) is 0 Å². The highest BCUT2D eigenvalue weighted by Crippen LogP contribution is 2.36. The molecule has 2 heterocycles. The van der Waals surface area contributed by atoms with Gasteiger partial charge in [0.05, 0.1) is 4.47 Å². The van der Waals surface area contributed by atoms with Crippen LogP contribution in [0.5, 0.6) is 0 Å². The van der Waals surface area contributed by atoms with E-state index in [2.05, 4.69) is 26.1 Å². The van der Waals surface area contributed by atoms with E-state index in [9.17, 15) is 4.39 Å². The van der Waals surface area contributed by atoms with Crippen LogP contribution in [0.3, 0.4) is 0 Å². The number of nitrogens with one attached hydrogen (secondary N) is 1. The van der Waals surface area contributed by atoms with Crippen LogP contribution in [-0.2, 0) is 6.54 Å². The molecular formula is C14H19BrClFN2. The van der Waals surface area contributed by atoms with Crippen LogP contribution >= 0.6 is 28.3 Å². The van der Waals surface area contributed by atoms with E-state index in [-0.39, 0.29) is 18.2 Å². The molecular weight excluding hydrogens is 331 g/mol. The molecule has 1 N–H and O–H groups in total. The van der Waals surface area contributed by atoms with E-state index in [4.69, 9.17) is 0 Å². The molecule has 2 aliphatic rings. The maximum atomic E-state index is 13.5. The van der Waals surface area contributed by atoms with Crippen molar-refractivity contribution in [2.75, 3.05) is 26.2 Å². The fourth-order valence-corrected chi connectivity index (χ4v) is 3.45. The summed E-state index contributed by atoms with van der Waals surface area (Å²) in [7, 11) is 0. The molecule has 2 nitrogen and oxygen atoms in total. The molecule has 0 amide bonds. The molecule has 1 spiro atoms. The Morgan fingerprint density at radius 2 is 2.21 bits per heavy atom. The van der Waals surface area contributed by atoms with Gasteiger partial charge in [-0.2, -0.15) is 0 Å². The third-order valence-electron chi connectivity index (χ3n) is 4.24. The van der Waals surface area contributed by atoms with Crippen LogP contribution in [0, 0.1) is 11.2 Å². The number of benzene rings is 1. The third kappa shape index (κ3) is 3.30. The molecule has 3 rings (SSSR count). The number of nitrogens with zero attached hydrogens (tertiary/aromatic N) is 1. The predicted octanol–water partition coefficient (Wildman–Crippen LogP) is 3.20. The molecule has 1 aromatic carbocycles. The molecule has 0 bridgehead atoms. The second kappa shape index (κ2) is 6.08. The van der Waals surface area contributed by atoms with E-state index < -0.39 is 0 Å². The van der Waals surface area contributed by atoms with Gasteiger partial charge in [0.15, 0.2) is 0 Å². The van der Waals surface area contributed by atoms with Gasteiger partial charge in [0.25, 0.3) is 0 Å². The minimum Gasteiger partial charge on any atom is -0.316 e. The highest BCUT2D eigenvalue weighted by molar-refractivity contribution is 9.10. The van der Waals surface area contributed by atoms with Gasteiger partial charge >= 0.3 is 0 Å². The first kappa shape index (κ1) is 15.2. The lowest BCUT2D eigenvalue weighted by molar-refractivity contribution is 0.268. The highest BCUT2D eigenvalue weighted by atomic mass is 79.9. The van der Waals surface area contributed by atoms with Crippen molar-refractivity contribution in [3.05, 3.63) is 34.1 Å². The van der Waals surface area contributed by atoms with Crippen LogP contribution < -0.4 is 5.32 Å². The monoisotopic (exact) mass is 348 g/mol. The fraction of sp³-hybridized carbons (Fsp3) is 0.571. The molecule has 1 aromatic rings. The maximum absolute atomic E-state index is 13.5. The predicted molar refractivity (Wildman–Crippen MR) is 81.2 cm³/mol. The molecule has 2 saturated heterocycles. The van der Waals surface area contributed by atoms with Crippen LogP contribution in [0.4, 0.5) is 4.39 Å². The van der Waals surface area contributed by atoms with E-state index in [1.165, 1.54) is 12.8 Å². The average Bonchev–Trinajstić information content (AvgIpc) is 2.96. The van der Waals surface area contributed by atoms with Crippen molar-refractivity contribution >= 4 is 28.3 Å². The smallest absolute Gasteiger partial charge is 0.137 e. The molecule has 0 radical (unpaired) electrons. The van der Waals surface area contributed by atoms with Gasteiger partial charge in [-0.1, -0.05) is 6.07 Å². The maximum Gasteiger partial charge on any atom is 0.137 e. The summed E-state index contributed by atoms with van der Waals surface area (Å²) >= 11 is 3.19. The second-order valence-corrected chi connectivity index (χ2v) is 6.49. The minimum atomic E-state index is -0.163. The van der Waals surface area contributed by atoms with Crippen molar-refractivity contribution in [1.82, 2.24) is 10.2 Å². The zero-order valence-corrected chi connectivity index (χ0v) is 13.2. The van der Waals surface area contributed by atoms with E-state index in [0.717, 1.165) is 38.3 Å². The van der Waals surface area contributed by atoms with Crippen LogP contribution in [0.15, 0.2) is 22.7 Å². The number of hydrogen-bond donors (Lipinski definition) is 1. The summed E-state index contributed by atoms with van der Waals surface area (Å²) in [5, 5.41) is 3.46. The number of hydrogen-bond acceptors (Lipinski definition) is 2. The summed E-state index contributed by atoms with van der Waals surface area (Å²) in [6, 6.07) is 5.45. The summed E-state index contributed by atoms with van der Waals surface area (Å²) < 4.78 is 14.0. The molecule has 1 atom stereocenters. The normalized spacial score (nSPS) is 26.8. The Bertz CT molecular complexity index is 449. The van der Waals surface area contributed by atoms with E-state index >= 15 is 0 Å². The SMILES string of the molecule is Cl.Fc1cc(CN2CCC3(CCNC3)C2)ccc1Br. The van der Waals surface area contributed by atoms with Gasteiger partial charge in [0.1, 0.15) is 5.82 Å². The lowest BCUT2D eigenvalue weighted by Gasteiger charge is -2.22. The van der Waals surface area contributed by atoms with Gasteiger partial charge in [-0.3, -0.25) is 4.90 Å². The molecule has 19 heavy (non-hydrogen) atoms. The Kier molecular flexibility index (Phi) is 4.88. The summed E-state index contributed by atoms with van der Waals surface area (Å²) in [5.74, 6) is -0.163. The van der Waals surface area contributed by atoms with Crippen LogP contribution in [0.1, 0.15) is 18.4 Å². The van der Waals surface area contributed by atoms with Gasteiger partial charge in [-0.05, 0) is 65.0 Å². The Labute approximate surface area is 128 Å². The summed E-state index contributed by atoms with van der Waals surface area (Å²) in [6.45, 7) is 5.46. The van der Waals surface area contributed by atoms with Gasteiger partial charge in [-0.25, -0.2) is 4.39 Å². The topological polar surface area (TPSA) is 15.3 Å². The van der Waals surface area contributed by atoms with Gasteiger partial charge in [0, 0.05) is 19.6 Å². The average molecular weight is 350 g/mol. The molecule has 1 unspecified atom stereocenters.